The number of aliphatic hydroxyl groups is 1. The van der Waals surface area contributed by atoms with Crippen LogP contribution in [0.4, 0.5) is 4.79 Å². The van der Waals surface area contributed by atoms with E-state index in [9.17, 15) is 19.5 Å². The highest BCUT2D eigenvalue weighted by atomic mass is 16.5. The monoisotopic (exact) mass is 288 g/mol. The van der Waals surface area contributed by atoms with Gasteiger partial charge in [0.25, 0.3) is 0 Å². The molecule has 2 amide bonds. The Labute approximate surface area is 116 Å². The minimum atomic E-state index is -1.38. The van der Waals surface area contributed by atoms with Crippen molar-refractivity contribution in [2.24, 2.45) is 11.8 Å². The summed E-state index contributed by atoms with van der Waals surface area (Å²) >= 11 is 0. The minimum Gasteiger partial charge on any atom is -0.480 e. The van der Waals surface area contributed by atoms with Gasteiger partial charge in [0, 0.05) is 13.1 Å². The third kappa shape index (κ3) is 3.60. The fraction of sp³-hybridized carbons (Fsp3) is 0.750. The van der Waals surface area contributed by atoms with E-state index >= 15 is 0 Å². The number of carboxylic acids is 1. The van der Waals surface area contributed by atoms with Gasteiger partial charge in [-0.3, -0.25) is 4.79 Å². The molecule has 1 fully saturated rings. The second kappa shape index (κ2) is 6.56. The summed E-state index contributed by atoms with van der Waals surface area (Å²) in [5.74, 6) is -2.19. The number of nitrogens with one attached hydrogen (secondary N) is 1. The molecule has 1 rings (SSSR count). The lowest BCUT2D eigenvalue weighted by molar-refractivity contribution is -0.146. The highest BCUT2D eigenvalue weighted by Gasteiger charge is 2.39. The third-order valence-corrected chi connectivity index (χ3v) is 3.43. The normalized spacial score (nSPS) is 24.9. The Balaban J connectivity index is 2.66. The average molecular weight is 288 g/mol. The van der Waals surface area contributed by atoms with Gasteiger partial charge in [0.2, 0.25) is 0 Å². The fourth-order valence-electron chi connectivity index (χ4n) is 2.20. The Hall–Kier alpha value is -1.83. The number of ether oxygens (including phenoxy) is 1. The molecule has 2 unspecified atom stereocenters. The second-order valence-corrected chi connectivity index (χ2v) is 5.02. The van der Waals surface area contributed by atoms with Crippen LogP contribution in [0, 0.1) is 11.8 Å². The van der Waals surface area contributed by atoms with E-state index in [4.69, 9.17) is 5.11 Å². The van der Waals surface area contributed by atoms with Crippen molar-refractivity contribution in [2.45, 2.75) is 26.0 Å². The molecule has 0 radical (unpaired) electrons. The van der Waals surface area contributed by atoms with E-state index in [0.717, 1.165) is 0 Å². The van der Waals surface area contributed by atoms with Gasteiger partial charge in [0.15, 0.2) is 6.04 Å². The van der Waals surface area contributed by atoms with E-state index in [1.807, 2.05) is 6.92 Å². The molecule has 1 aliphatic rings. The number of nitrogens with zero attached hydrogens (tertiary/aromatic N) is 1. The predicted molar refractivity (Wildman–Crippen MR) is 67.9 cm³/mol. The molecular formula is C12H20N2O6. The lowest BCUT2D eigenvalue weighted by Gasteiger charge is -2.22. The Kier molecular flexibility index (Phi) is 5.32. The molecule has 0 aromatic carbocycles. The summed E-state index contributed by atoms with van der Waals surface area (Å²) in [7, 11) is 1.28. The molecule has 0 saturated carbocycles. The number of aliphatic hydroxyl groups excluding tert-OH is 1. The molecule has 8 nitrogen and oxygen atoms in total. The van der Waals surface area contributed by atoms with Crippen molar-refractivity contribution >= 4 is 18.0 Å². The summed E-state index contributed by atoms with van der Waals surface area (Å²) in [4.78, 5) is 35.7. The first kappa shape index (κ1) is 16.2. The Morgan fingerprint density at radius 2 is 1.95 bits per heavy atom. The van der Waals surface area contributed by atoms with Crippen molar-refractivity contribution in [3.8, 4) is 0 Å². The Bertz CT molecular complexity index is 397. The van der Waals surface area contributed by atoms with Crippen LogP contribution in [-0.4, -0.2) is 65.4 Å². The van der Waals surface area contributed by atoms with Gasteiger partial charge in [-0.15, -0.1) is 0 Å². The zero-order valence-electron chi connectivity index (χ0n) is 11.7. The van der Waals surface area contributed by atoms with Crippen LogP contribution < -0.4 is 5.32 Å². The number of rotatable bonds is 4. The van der Waals surface area contributed by atoms with Gasteiger partial charge >= 0.3 is 18.0 Å². The summed E-state index contributed by atoms with van der Waals surface area (Å²) in [5.41, 5.74) is 0. The SMILES string of the molecule is COC(=O)C1CN(C(=O)N[C@H](C(=O)O)[C@@H](C)O)CC1C. The molecule has 114 valence electrons. The highest BCUT2D eigenvalue weighted by Crippen LogP contribution is 2.24. The number of carbonyl (C=O) groups is 3. The summed E-state index contributed by atoms with van der Waals surface area (Å²) in [6.07, 6.45) is -1.21. The molecule has 20 heavy (non-hydrogen) atoms. The maximum atomic E-state index is 12.0. The number of likely N-dealkylation sites (tertiary alicyclic amines) is 1. The van der Waals surface area contributed by atoms with Crippen molar-refractivity contribution in [3.05, 3.63) is 0 Å². The average Bonchev–Trinajstić information content (AvgIpc) is 2.76. The molecule has 8 heteroatoms. The van der Waals surface area contributed by atoms with Crippen molar-refractivity contribution in [3.63, 3.8) is 0 Å². The van der Waals surface area contributed by atoms with Crippen LogP contribution in [-0.2, 0) is 14.3 Å². The number of esters is 1. The van der Waals surface area contributed by atoms with Gasteiger partial charge in [-0.1, -0.05) is 6.92 Å². The number of aliphatic carboxylic acids is 1. The van der Waals surface area contributed by atoms with Crippen molar-refractivity contribution in [1.29, 1.82) is 0 Å². The van der Waals surface area contributed by atoms with Crippen molar-refractivity contribution < 1.29 is 29.3 Å². The summed E-state index contributed by atoms with van der Waals surface area (Å²) < 4.78 is 4.66. The number of hydrogen-bond acceptors (Lipinski definition) is 5. The maximum Gasteiger partial charge on any atom is 0.328 e. The van der Waals surface area contributed by atoms with Crippen molar-refractivity contribution in [2.75, 3.05) is 20.2 Å². The first-order valence-corrected chi connectivity index (χ1v) is 6.32. The topological polar surface area (TPSA) is 116 Å². The molecule has 1 aliphatic heterocycles. The number of amides is 2. The van der Waals surface area contributed by atoms with Gasteiger partial charge in [-0.2, -0.15) is 0 Å². The van der Waals surface area contributed by atoms with Crippen molar-refractivity contribution in [1.82, 2.24) is 10.2 Å². The van der Waals surface area contributed by atoms with E-state index in [1.165, 1.54) is 18.9 Å². The summed E-state index contributed by atoms with van der Waals surface area (Å²) in [5, 5.41) is 20.5. The molecule has 0 aromatic rings. The Morgan fingerprint density at radius 3 is 2.40 bits per heavy atom. The largest absolute Gasteiger partial charge is 0.480 e. The quantitative estimate of drug-likeness (QED) is 0.587. The molecule has 3 N–H and O–H groups in total. The number of methoxy groups -OCH3 is 1. The second-order valence-electron chi connectivity index (χ2n) is 5.02. The van der Waals surface area contributed by atoms with Gasteiger partial charge in [-0.25, -0.2) is 9.59 Å². The molecular weight excluding hydrogens is 268 g/mol. The van der Waals surface area contributed by atoms with Crippen LogP contribution in [0.5, 0.6) is 0 Å². The van der Waals surface area contributed by atoms with E-state index in [1.54, 1.807) is 0 Å². The molecule has 0 aliphatic carbocycles. The highest BCUT2D eigenvalue weighted by molar-refractivity contribution is 5.84. The standard InChI is InChI=1S/C12H20N2O6/c1-6-4-14(5-8(6)11(18)20-3)12(19)13-9(7(2)15)10(16)17/h6-9,15H,4-5H2,1-3H3,(H,13,19)(H,16,17)/t6?,7-,8?,9+/m1/s1. The smallest absolute Gasteiger partial charge is 0.328 e. The summed E-state index contributed by atoms with van der Waals surface area (Å²) in [6.45, 7) is 3.60. The lowest BCUT2D eigenvalue weighted by atomic mass is 9.99. The molecule has 1 saturated heterocycles. The molecule has 1 heterocycles. The van der Waals surface area contributed by atoms with E-state index in [-0.39, 0.29) is 12.5 Å². The minimum absolute atomic E-state index is 0.0666. The number of carbonyl (C=O) groups excluding carboxylic acids is 2. The molecule has 0 bridgehead atoms. The van der Waals surface area contributed by atoms with Crippen LogP contribution >= 0.6 is 0 Å². The van der Waals surface area contributed by atoms with Gasteiger partial charge in [-0.05, 0) is 12.8 Å². The zero-order valence-corrected chi connectivity index (χ0v) is 11.7. The molecule has 4 atom stereocenters. The van der Waals surface area contributed by atoms with E-state index in [2.05, 4.69) is 10.1 Å². The molecule has 0 aromatic heterocycles. The van der Waals surface area contributed by atoms with Gasteiger partial charge < -0.3 is 25.2 Å². The Morgan fingerprint density at radius 1 is 1.35 bits per heavy atom. The van der Waals surface area contributed by atoms with Crippen LogP contribution in [0.2, 0.25) is 0 Å². The van der Waals surface area contributed by atoms with Crippen LogP contribution in [0.15, 0.2) is 0 Å². The molecule has 0 spiro atoms. The van der Waals surface area contributed by atoms with Gasteiger partial charge in [0.05, 0.1) is 19.1 Å². The maximum absolute atomic E-state index is 12.0. The van der Waals surface area contributed by atoms with Crippen LogP contribution in [0.1, 0.15) is 13.8 Å². The fourth-order valence-corrected chi connectivity index (χ4v) is 2.20. The zero-order chi connectivity index (χ0) is 15.4. The third-order valence-electron chi connectivity index (χ3n) is 3.43. The first-order valence-electron chi connectivity index (χ1n) is 6.32. The van der Waals surface area contributed by atoms with Gasteiger partial charge in [0.1, 0.15) is 0 Å². The number of urea groups is 1. The van der Waals surface area contributed by atoms with Crippen LogP contribution in [0.25, 0.3) is 0 Å². The van der Waals surface area contributed by atoms with E-state index in [0.29, 0.717) is 6.54 Å². The number of hydrogen-bond donors (Lipinski definition) is 3. The predicted octanol–water partition coefficient (Wildman–Crippen LogP) is -0.729. The summed E-state index contributed by atoms with van der Waals surface area (Å²) in [6, 6.07) is -1.99. The van der Waals surface area contributed by atoms with E-state index < -0.39 is 36.0 Å². The number of carboxylic acid groups (broad SMARTS) is 1. The lowest BCUT2D eigenvalue weighted by Crippen LogP contribution is -2.52. The van der Waals surface area contributed by atoms with Crippen LogP contribution in [0.3, 0.4) is 0 Å². The first-order chi connectivity index (χ1) is 9.27.